The summed E-state index contributed by atoms with van der Waals surface area (Å²) in [6.07, 6.45) is 6.73. The van der Waals surface area contributed by atoms with Gasteiger partial charge in [-0.25, -0.2) is 9.37 Å². The van der Waals surface area contributed by atoms with Crippen molar-refractivity contribution in [2.75, 3.05) is 44.8 Å². The van der Waals surface area contributed by atoms with Gasteiger partial charge in [0.1, 0.15) is 11.9 Å². The third-order valence-electron chi connectivity index (χ3n) is 8.82. The van der Waals surface area contributed by atoms with Gasteiger partial charge in [-0.15, -0.1) is 9.24 Å². The first-order chi connectivity index (χ1) is 19.7. The molecule has 41 heavy (non-hydrogen) atoms. The van der Waals surface area contributed by atoms with Crippen LogP contribution in [0.15, 0.2) is 30.3 Å². The lowest BCUT2D eigenvalue weighted by Crippen LogP contribution is -2.36. The van der Waals surface area contributed by atoms with Crippen LogP contribution >= 0.6 is 31.8 Å². The van der Waals surface area contributed by atoms with E-state index in [1.807, 2.05) is 45.7 Å². The van der Waals surface area contributed by atoms with E-state index in [0.29, 0.717) is 45.8 Å². The van der Waals surface area contributed by atoms with E-state index >= 15 is 4.39 Å². The first-order valence-corrected chi connectivity index (χ1v) is 16.5. The Morgan fingerprint density at radius 1 is 1.29 bits per heavy atom. The number of hydrogen-bond acceptors (Lipinski definition) is 6. The molecule has 7 nitrogen and oxygen atoms in total. The molecule has 0 radical (unpaired) electrons. The predicted octanol–water partition coefficient (Wildman–Crippen LogP) is 5.23. The average Bonchev–Trinajstić information content (AvgIpc) is 3.64. The molecule has 3 aliphatic rings. The summed E-state index contributed by atoms with van der Waals surface area (Å²) in [5.41, 5.74) is 3.99. The van der Waals surface area contributed by atoms with E-state index in [9.17, 15) is 9.90 Å². The van der Waals surface area contributed by atoms with Gasteiger partial charge in [-0.2, -0.15) is 0 Å². The minimum Gasteiger partial charge on any atom is -0.480 e. The van der Waals surface area contributed by atoms with Crippen molar-refractivity contribution in [2.24, 2.45) is 5.92 Å². The molecule has 0 amide bonds. The Morgan fingerprint density at radius 2 is 2.15 bits per heavy atom. The van der Waals surface area contributed by atoms with Gasteiger partial charge in [-0.1, -0.05) is 24.3 Å². The highest BCUT2D eigenvalue weighted by Crippen LogP contribution is 2.43. The summed E-state index contributed by atoms with van der Waals surface area (Å²) in [5.74, 6) is -0.0289. The Balaban J connectivity index is 1.17. The lowest BCUT2D eigenvalue weighted by molar-refractivity contribution is -0.143. The molecule has 0 saturated carbocycles. The van der Waals surface area contributed by atoms with Crippen LogP contribution in [0.5, 0.6) is 0 Å². The lowest BCUT2D eigenvalue weighted by Gasteiger charge is -2.29. The number of nitrogens with zero attached hydrogens (tertiary/aromatic N) is 3. The van der Waals surface area contributed by atoms with Crippen LogP contribution < -0.4 is 10.2 Å². The molecular formula is C31H42FIN3O4P. The molecule has 5 rings (SSSR count). The van der Waals surface area contributed by atoms with E-state index in [1.165, 1.54) is 12.0 Å². The van der Waals surface area contributed by atoms with Gasteiger partial charge >= 0.3 is 5.97 Å². The first-order valence-electron chi connectivity index (χ1n) is 14.8. The summed E-state index contributed by atoms with van der Waals surface area (Å²) in [6.45, 7) is 3.61. The fourth-order valence-corrected chi connectivity index (χ4v) is 7.66. The van der Waals surface area contributed by atoms with Gasteiger partial charge in [0.15, 0.2) is 3.68 Å². The summed E-state index contributed by atoms with van der Waals surface area (Å²) in [6, 6.07) is 9.21. The summed E-state index contributed by atoms with van der Waals surface area (Å²) >= 11 is 1.98. The van der Waals surface area contributed by atoms with Gasteiger partial charge in [-0.05, 0) is 109 Å². The number of carboxylic acids is 1. The molecule has 0 bridgehead atoms. The number of halogens is 2. The highest BCUT2D eigenvalue weighted by molar-refractivity contribution is 14.1. The molecule has 2 fully saturated rings. The molecular weight excluding hydrogens is 655 g/mol. The zero-order valence-electron chi connectivity index (χ0n) is 23.9. The number of rotatable bonds is 12. The molecule has 0 aliphatic carbocycles. The van der Waals surface area contributed by atoms with Gasteiger partial charge in [0.25, 0.3) is 0 Å². The van der Waals surface area contributed by atoms with Crippen molar-refractivity contribution in [3.05, 3.63) is 52.7 Å². The largest absolute Gasteiger partial charge is 0.480 e. The Labute approximate surface area is 258 Å². The number of alkyl halides is 2. The zero-order valence-corrected chi connectivity index (χ0v) is 27.2. The molecule has 1 N–H and O–H groups in total. The highest BCUT2D eigenvalue weighted by Gasteiger charge is 2.44. The van der Waals surface area contributed by atoms with Crippen LogP contribution in [0.3, 0.4) is 0 Å². The maximum absolute atomic E-state index is 16.0. The number of carbonyl (C=O) groups is 1. The normalized spacial score (nSPS) is 23.4. The monoisotopic (exact) mass is 697 g/mol. The molecule has 224 valence electrons. The minimum atomic E-state index is -1.38. The summed E-state index contributed by atoms with van der Waals surface area (Å²) in [5, 5.41) is 11.3. The predicted molar refractivity (Wildman–Crippen MR) is 171 cm³/mol. The Bertz CT molecular complexity index is 1210. The minimum absolute atomic E-state index is 0.0300. The van der Waals surface area contributed by atoms with Crippen molar-refractivity contribution in [2.45, 2.75) is 73.8 Å². The third kappa shape index (κ3) is 7.58. The Hall–Kier alpha value is -1.39. The molecule has 2 aromatic rings. The maximum atomic E-state index is 16.0. The van der Waals surface area contributed by atoms with E-state index in [-0.39, 0.29) is 12.0 Å². The second kappa shape index (κ2) is 13.9. The van der Waals surface area contributed by atoms with Crippen molar-refractivity contribution in [1.82, 2.24) is 9.88 Å². The molecule has 1 aromatic heterocycles. The van der Waals surface area contributed by atoms with Gasteiger partial charge < -0.3 is 19.5 Å². The van der Waals surface area contributed by atoms with Crippen LogP contribution in [0.1, 0.15) is 67.0 Å². The van der Waals surface area contributed by atoms with Gasteiger partial charge in [0.2, 0.25) is 0 Å². The van der Waals surface area contributed by atoms with Gasteiger partial charge in [0, 0.05) is 38.4 Å². The van der Waals surface area contributed by atoms with Crippen LogP contribution in [0.25, 0.3) is 0 Å². The fraction of sp³-hybridized carbons (Fsp3) is 0.613. The number of aryl methyl sites for hydroxylation is 2. The SMILES string of the molecule is CN1CCCc2ccc(CCCCC(F)(I)C3CCN([C@H](C(=O)O)c4cccc(P)c4CO[C@@H]4CCOC4)C3)nc21. The first kappa shape index (κ1) is 31.0. The van der Waals surface area contributed by atoms with Gasteiger partial charge in [-0.3, -0.25) is 9.69 Å². The molecule has 5 atom stereocenters. The van der Waals surface area contributed by atoms with Crippen LogP contribution in [0.4, 0.5) is 10.2 Å². The number of aromatic nitrogens is 1. The molecule has 10 heteroatoms. The summed E-state index contributed by atoms with van der Waals surface area (Å²) < 4.78 is 26.2. The number of likely N-dealkylation sites (tertiary alicyclic amines) is 1. The number of aliphatic carboxylic acids is 1. The smallest absolute Gasteiger partial charge is 0.325 e. The van der Waals surface area contributed by atoms with E-state index in [2.05, 4.69) is 33.3 Å². The van der Waals surface area contributed by atoms with Crippen molar-refractivity contribution in [3.63, 3.8) is 0 Å². The maximum Gasteiger partial charge on any atom is 0.325 e. The highest BCUT2D eigenvalue weighted by atomic mass is 127. The van der Waals surface area contributed by atoms with E-state index in [4.69, 9.17) is 14.5 Å². The molecule has 3 aliphatic heterocycles. The standard InChI is InChI=1S/C31H42FIN3O4P/c1-35-15-5-6-21-10-11-23(34-29(21)35)7-2-3-14-31(32,33)22-12-16-36(18-22)28(30(37)38)25-8-4-9-27(41)26(25)20-40-24-13-17-39-19-24/h4,8-11,22,24,28H,2-3,5-7,12-20,41H2,1H3,(H,37,38)/t22?,24-,28+,31?/m1/s1. The van der Waals surface area contributed by atoms with Crippen molar-refractivity contribution in [3.8, 4) is 0 Å². The number of carboxylic acid groups (broad SMARTS) is 1. The molecule has 1 aromatic carbocycles. The van der Waals surface area contributed by atoms with Crippen molar-refractivity contribution < 1.29 is 23.8 Å². The number of benzene rings is 1. The molecule has 0 spiro atoms. The topological polar surface area (TPSA) is 75.1 Å². The average molecular weight is 698 g/mol. The molecule has 2 saturated heterocycles. The zero-order chi connectivity index (χ0) is 29.0. The number of ether oxygens (including phenoxy) is 2. The molecule has 3 unspecified atom stereocenters. The third-order valence-corrected chi connectivity index (χ3v) is 10.8. The van der Waals surface area contributed by atoms with Gasteiger partial charge in [0.05, 0.1) is 19.3 Å². The van der Waals surface area contributed by atoms with Crippen LogP contribution in [0.2, 0.25) is 0 Å². The van der Waals surface area contributed by atoms with E-state index in [0.717, 1.165) is 66.6 Å². The number of unbranched alkanes of at least 4 members (excludes halogenated alkanes) is 1. The quantitative estimate of drug-likeness (QED) is 0.141. The fourth-order valence-electron chi connectivity index (χ4n) is 6.41. The van der Waals surface area contributed by atoms with Crippen molar-refractivity contribution in [1.29, 1.82) is 0 Å². The van der Waals surface area contributed by atoms with Crippen LogP contribution in [-0.2, 0) is 33.7 Å². The lowest BCUT2D eigenvalue weighted by atomic mass is 9.96. The Kier molecular flexibility index (Phi) is 10.6. The summed E-state index contributed by atoms with van der Waals surface area (Å²) in [7, 11) is 4.81. The number of fused-ring (bicyclic) bond motifs is 1. The van der Waals surface area contributed by atoms with Crippen LogP contribution in [0, 0.1) is 5.92 Å². The van der Waals surface area contributed by atoms with E-state index in [1.54, 1.807) is 0 Å². The second-order valence-corrected chi connectivity index (χ2v) is 14.1. The second-order valence-electron chi connectivity index (χ2n) is 11.7. The molecule has 4 heterocycles. The number of pyridine rings is 1. The van der Waals surface area contributed by atoms with E-state index < -0.39 is 15.7 Å². The number of hydrogen-bond donors (Lipinski definition) is 1. The van der Waals surface area contributed by atoms with Crippen LogP contribution in [-0.4, -0.2) is 70.6 Å². The summed E-state index contributed by atoms with van der Waals surface area (Å²) in [4.78, 5) is 21.7. The number of anilines is 1. The Morgan fingerprint density at radius 3 is 2.93 bits per heavy atom. The van der Waals surface area contributed by atoms with Crippen molar-refractivity contribution >= 4 is 48.9 Å².